The van der Waals surface area contributed by atoms with E-state index in [1.165, 1.54) is 32.0 Å². The second kappa shape index (κ2) is 6.85. The van der Waals surface area contributed by atoms with Crippen molar-refractivity contribution in [3.63, 3.8) is 0 Å². The number of carbonyl (C=O) groups excluding carboxylic acids is 1. The molecule has 2 fully saturated rings. The van der Waals surface area contributed by atoms with Gasteiger partial charge in [-0.3, -0.25) is 0 Å². The van der Waals surface area contributed by atoms with Crippen LogP contribution in [0.1, 0.15) is 45.4 Å². The van der Waals surface area contributed by atoms with Gasteiger partial charge in [0, 0.05) is 25.1 Å². The van der Waals surface area contributed by atoms with E-state index < -0.39 is 0 Å². The molecule has 0 amide bonds. The quantitative estimate of drug-likeness (QED) is 0.717. The normalized spacial score (nSPS) is 36.4. The molecule has 3 heteroatoms. The van der Waals surface area contributed by atoms with Crippen LogP contribution < -0.4 is 0 Å². The van der Waals surface area contributed by atoms with Gasteiger partial charge in [-0.2, -0.15) is 0 Å². The fourth-order valence-corrected chi connectivity index (χ4v) is 3.98. The minimum absolute atomic E-state index is 0.0814. The summed E-state index contributed by atoms with van der Waals surface area (Å²) in [6.07, 6.45) is 8.35. The highest BCUT2D eigenvalue weighted by atomic mass is 16.5. The third-order valence-corrected chi connectivity index (χ3v) is 4.79. The zero-order valence-electron chi connectivity index (χ0n) is 12.6. The van der Waals surface area contributed by atoms with Crippen LogP contribution in [-0.2, 0) is 9.53 Å². The van der Waals surface area contributed by atoms with Crippen molar-refractivity contribution in [2.45, 2.75) is 45.4 Å². The van der Waals surface area contributed by atoms with Crippen molar-refractivity contribution in [3.05, 3.63) is 0 Å². The third-order valence-electron chi connectivity index (χ3n) is 4.79. The van der Waals surface area contributed by atoms with Crippen LogP contribution in [0.25, 0.3) is 0 Å². The van der Waals surface area contributed by atoms with Crippen LogP contribution >= 0.6 is 0 Å². The van der Waals surface area contributed by atoms with Gasteiger partial charge in [-0.05, 0) is 44.6 Å². The largest absolute Gasteiger partial charge is 0.381 e. The average Bonchev–Trinajstić information content (AvgIpc) is 2.39. The Morgan fingerprint density at radius 3 is 2.84 bits per heavy atom. The Balaban J connectivity index is 1.84. The summed E-state index contributed by atoms with van der Waals surface area (Å²) in [6.45, 7) is 6.11. The molecule has 0 radical (unpaired) electrons. The average molecular weight is 267 g/mol. The lowest BCUT2D eigenvalue weighted by Gasteiger charge is -2.39. The first-order valence-corrected chi connectivity index (χ1v) is 7.86. The molecule has 1 saturated carbocycles. The predicted octanol–water partition coefficient (Wildman–Crippen LogP) is 2.74. The van der Waals surface area contributed by atoms with Gasteiger partial charge in [0.05, 0.1) is 6.61 Å². The fraction of sp³-hybridized carbons (Fsp3) is 0.938. The number of ether oxygens (including phenoxy) is 1. The second-order valence-electron chi connectivity index (χ2n) is 6.96. The molecule has 1 aliphatic carbocycles. The molecular weight excluding hydrogens is 238 g/mol. The Morgan fingerprint density at radius 2 is 2.21 bits per heavy atom. The maximum atomic E-state index is 11.6. The van der Waals surface area contributed by atoms with Gasteiger partial charge >= 0.3 is 0 Å². The molecule has 0 aromatic carbocycles. The topological polar surface area (TPSA) is 29.5 Å². The van der Waals surface area contributed by atoms with Crippen molar-refractivity contribution >= 4 is 6.29 Å². The number of hydrogen-bond acceptors (Lipinski definition) is 3. The van der Waals surface area contributed by atoms with Crippen molar-refractivity contribution in [1.29, 1.82) is 0 Å². The summed E-state index contributed by atoms with van der Waals surface area (Å²) in [5, 5.41) is 0. The molecule has 110 valence electrons. The van der Waals surface area contributed by atoms with Crippen molar-refractivity contribution in [2.75, 3.05) is 33.4 Å². The molecular formula is C16H29NO2. The molecule has 2 rings (SSSR count). The zero-order chi connectivity index (χ0) is 13.7. The molecule has 1 saturated heterocycles. The SMILES string of the molecule is CC1CCCC(C=O)(CN(C)CC2CCCOC2)C1. The van der Waals surface area contributed by atoms with Gasteiger partial charge in [0.1, 0.15) is 6.29 Å². The van der Waals surface area contributed by atoms with Crippen molar-refractivity contribution < 1.29 is 9.53 Å². The Bertz CT molecular complexity index is 288. The highest BCUT2D eigenvalue weighted by molar-refractivity contribution is 5.60. The van der Waals surface area contributed by atoms with Crippen LogP contribution in [-0.4, -0.2) is 44.5 Å². The van der Waals surface area contributed by atoms with E-state index in [2.05, 4.69) is 18.9 Å². The van der Waals surface area contributed by atoms with Gasteiger partial charge in [0.2, 0.25) is 0 Å². The maximum Gasteiger partial charge on any atom is 0.127 e. The van der Waals surface area contributed by atoms with Crippen molar-refractivity contribution in [2.24, 2.45) is 17.3 Å². The molecule has 2 aliphatic rings. The first-order valence-electron chi connectivity index (χ1n) is 7.86. The Hall–Kier alpha value is -0.410. The molecule has 0 bridgehead atoms. The molecule has 0 N–H and O–H groups in total. The third kappa shape index (κ3) is 4.28. The number of hydrogen-bond donors (Lipinski definition) is 0. The van der Waals surface area contributed by atoms with Gasteiger partial charge in [-0.15, -0.1) is 0 Å². The molecule has 3 unspecified atom stereocenters. The monoisotopic (exact) mass is 267 g/mol. The summed E-state index contributed by atoms with van der Waals surface area (Å²) in [6, 6.07) is 0. The first-order chi connectivity index (χ1) is 9.13. The molecule has 3 atom stereocenters. The van der Waals surface area contributed by atoms with E-state index in [4.69, 9.17) is 4.74 Å². The first kappa shape index (κ1) is 15.0. The molecule has 3 nitrogen and oxygen atoms in total. The fourth-order valence-electron chi connectivity index (χ4n) is 3.98. The van der Waals surface area contributed by atoms with E-state index >= 15 is 0 Å². The highest BCUT2D eigenvalue weighted by Crippen LogP contribution is 2.38. The van der Waals surface area contributed by atoms with Crippen LogP contribution in [0.15, 0.2) is 0 Å². The van der Waals surface area contributed by atoms with E-state index in [1.807, 2.05) is 0 Å². The molecule has 0 spiro atoms. The van der Waals surface area contributed by atoms with Crippen molar-refractivity contribution in [1.82, 2.24) is 4.90 Å². The summed E-state index contributed by atoms with van der Waals surface area (Å²) in [4.78, 5) is 14.0. The van der Waals surface area contributed by atoms with Crippen LogP contribution in [0, 0.1) is 17.3 Å². The second-order valence-corrected chi connectivity index (χ2v) is 6.96. The van der Waals surface area contributed by atoms with Crippen molar-refractivity contribution in [3.8, 4) is 0 Å². The summed E-state index contributed by atoms with van der Waals surface area (Å²) >= 11 is 0. The number of carbonyl (C=O) groups is 1. The summed E-state index contributed by atoms with van der Waals surface area (Å²) in [7, 11) is 2.17. The standard InChI is InChI=1S/C16H29NO2/c1-14-5-3-7-16(9-14,13-18)12-17(2)10-15-6-4-8-19-11-15/h13-15H,3-12H2,1-2H3. The lowest BCUT2D eigenvalue weighted by molar-refractivity contribution is -0.120. The van der Waals surface area contributed by atoms with Gasteiger partial charge in [-0.1, -0.05) is 19.8 Å². The minimum atomic E-state index is -0.0814. The zero-order valence-corrected chi connectivity index (χ0v) is 12.6. The Morgan fingerprint density at radius 1 is 1.37 bits per heavy atom. The van der Waals surface area contributed by atoms with Crippen LogP contribution in [0.4, 0.5) is 0 Å². The van der Waals surface area contributed by atoms with Crippen LogP contribution in [0.3, 0.4) is 0 Å². The lowest BCUT2D eigenvalue weighted by atomic mass is 9.70. The molecule has 1 aliphatic heterocycles. The van der Waals surface area contributed by atoms with E-state index in [-0.39, 0.29) is 5.41 Å². The molecule has 1 heterocycles. The predicted molar refractivity (Wildman–Crippen MR) is 77.2 cm³/mol. The Labute approximate surface area is 117 Å². The van der Waals surface area contributed by atoms with E-state index in [0.29, 0.717) is 11.8 Å². The van der Waals surface area contributed by atoms with Crippen LogP contribution in [0.5, 0.6) is 0 Å². The van der Waals surface area contributed by atoms with Gasteiger partial charge in [-0.25, -0.2) is 0 Å². The van der Waals surface area contributed by atoms with Crippen LogP contribution in [0.2, 0.25) is 0 Å². The summed E-state index contributed by atoms with van der Waals surface area (Å²) in [5.74, 6) is 1.36. The van der Waals surface area contributed by atoms with Gasteiger partial charge < -0.3 is 14.4 Å². The summed E-state index contributed by atoms with van der Waals surface area (Å²) < 4.78 is 5.55. The molecule has 0 aromatic rings. The van der Waals surface area contributed by atoms with E-state index in [0.717, 1.165) is 39.1 Å². The number of aldehydes is 1. The summed E-state index contributed by atoms with van der Waals surface area (Å²) in [5.41, 5.74) is -0.0814. The highest BCUT2D eigenvalue weighted by Gasteiger charge is 2.36. The Kier molecular flexibility index (Phi) is 5.40. The smallest absolute Gasteiger partial charge is 0.127 e. The number of rotatable bonds is 5. The minimum Gasteiger partial charge on any atom is -0.381 e. The molecule has 19 heavy (non-hydrogen) atoms. The van der Waals surface area contributed by atoms with Gasteiger partial charge in [0.15, 0.2) is 0 Å². The van der Waals surface area contributed by atoms with E-state index in [9.17, 15) is 4.79 Å². The maximum absolute atomic E-state index is 11.6. The van der Waals surface area contributed by atoms with E-state index in [1.54, 1.807) is 0 Å². The lowest BCUT2D eigenvalue weighted by Crippen LogP contribution is -2.42. The molecule has 0 aromatic heterocycles. The van der Waals surface area contributed by atoms with Gasteiger partial charge in [0.25, 0.3) is 0 Å². The number of nitrogens with zero attached hydrogens (tertiary/aromatic N) is 1.